The molecule has 1 aliphatic rings. The van der Waals surface area contributed by atoms with Gasteiger partial charge in [-0.1, -0.05) is 0 Å². The van der Waals surface area contributed by atoms with Crippen LogP contribution in [0, 0.1) is 0 Å². The Morgan fingerprint density at radius 2 is 2.42 bits per heavy atom. The summed E-state index contributed by atoms with van der Waals surface area (Å²) in [6, 6.07) is 0. The molecule has 0 radical (unpaired) electrons. The summed E-state index contributed by atoms with van der Waals surface area (Å²) >= 11 is 0. The van der Waals surface area contributed by atoms with Gasteiger partial charge >= 0.3 is 0 Å². The summed E-state index contributed by atoms with van der Waals surface area (Å²) in [6.45, 7) is 0.515. The average molecular weight is 167 g/mol. The smallest absolute Gasteiger partial charge is 0.0966 e. The molecule has 66 valence electrons. The Bertz CT molecular complexity index is 282. The maximum atomic E-state index is 10.1. The van der Waals surface area contributed by atoms with E-state index in [2.05, 4.69) is 0 Å². The standard InChI is InChI=1S/C9H13NO2/c10-4-3-9(11)2-1-7-5-12-6-8(7)9/h5-6,11H,1-4,10H2. The lowest BCUT2D eigenvalue weighted by atomic mass is 9.94. The largest absolute Gasteiger partial charge is 0.472 e. The molecule has 0 amide bonds. The average Bonchev–Trinajstić information content (AvgIpc) is 2.57. The number of furan rings is 1. The van der Waals surface area contributed by atoms with Crippen LogP contribution in [0.4, 0.5) is 0 Å². The highest BCUT2D eigenvalue weighted by molar-refractivity contribution is 5.32. The molecule has 1 heterocycles. The van der Waals surface area contributed by atoms with E-state index in [0.717, 1.165) is 24.0 Å². The third-order valence-corrected chi connectivity index (χ3v) is 2.61. The highest BCUT2D eigenvalue weighted by atomic mass is 16.3. The normalized spacial score (nSPS) is 27.5. The van der Waals surface area contributed by atoms with E-state index in [4.69, 9.17) is 10.2 Å². The SMILES string of the molecule is NCCC1(O)CCc2cocc21. The number of hydrogen-bond acceptors (Lipinski definition) is 3. The molecule has 1 aliphatic carbocycles. The lowest BCUT2D eigenvalue weighted by Gasteiger charge is -2.21. The van der Waals surface area contributed by atoms with E-state index in [-0.39, 0.29) is 0 Å². The van der Waals surface area contributed by atoms with E-state index in [9.17, 15) is 5.11 Å². The second-order valence-corrected chi connectivity index (χ2v) is 3.38. The van der Waals surface area contributed by atoms with Crippen molar-refractivity contribution in [3.05, 3.63) is 23.7 Å². The molecule has 0 fully saturated rings. The fourth-order valence-corrected chi connectivity index (χ4v) is 1.90. The van der Waals surface area contributed by atoms with Crippen LogP contribution in [0.15, 0.2) is 16.9 Å². The van der Waals surface area contributed by atoms with Gasteiger partial charge in [-0.2, -0.15) is 0 Å². The Labute approximate surface area is 71.2 Å². The third-order valence-electron chi connectivity index (χ3n) is 2.61. The van der Waals surface area contributed by atoms with Gasteiger partial charge in [0, 0.05) is 5.56 Å². The zero-order valence-corrected chi connectivity index (χ0v) is 6.92. The Balaban J connectivity index is 2.31. The van der Waals surface area contributed by atoms with Gasteiger partial charge in [0.2, 0.25) is 0 Å². The van der Waals surface area contributed by atoms with Crippen LogP contribution in [0.3, 0.4) is 0 Å². The maximum Gasteiger partial charge on any atom is 0.0966 e. The van der Waals surface area contributed by atoms with Crippen LogP contribution in [0.25, 0.3) is 0 Å². The second kappa shape index (κ2) is 2.61. The van der Waals surface area contributed by atoms with Crippen molar-refractivity contribution in [2.24, 2.45) is 5.73 Å². The fourth-order valence-electron chi connectivity index (χ4n) is 1.90. The minimum Gasteiger partial charge on any atom is -0.472 e. The summed E-state index contributed by atoms with van der Waals surface area (Å²) in [5, 5.41) is 10.1. The van der Waals surface area contributed by atoms with Crippen LogP contribution in [0.1, 0.15) is 24.0 Å². The second-order valence-electron chi connectivity index (χ2n) is 3.38. The summed E-state index contributed by atoms with van der Waals surface area (Å²) in [6.07, 6.45) is 5.66. The molecule has 1 atom stereocenters. The van der Waals surface area contributed by atoms with Crippen molar-refractivity contribution in [1.29, 1.82) is 0 Å². The van der Waals surface area contributed by atoms with Crippen LogP contribution in [-0.2, 0) is 12.0 Å². The molecular formula is C9H13NO2. The first kappa shape index (κ1) is 7.83. The molecule has 12 heavy (non-hydrogen) atoms. The van der Waals surface area contributed by atoms with Crippen LogP contribution in [0.2, 0.25) is 0 Å². The monoisotopic (exact) mass is 167 g/mol. The zero-order chi connectivity index (χ0) is 8.60. The molecular weight excluding hydrogens is 154 g/mol. The maximum absolute atomic E-state index is 10.1. The molecule has 3 heteroatoms. The molecule has 3 nitrogen and oxygen atoms in total. The van der Waals surface area contributed by atoms with Crippen molar-refractivity contribution in [3.8, 4) is 0 Å². The number of hydrogen-bond donors (Lipinski definition) is 2. The number of aryl methyl sites for hydroxylation is 1. The minimum absolute atomic E-state index is 0.515. The predicted molar refractivity (Wildman–Crippen MR) is 44.6 cm³/mol. The first-order chi connectivity index (χ1) is 5.76. The summed E-state index contributed by atoms with van der Waals surface area (Å²) in [7, 11) is 0. The van der Waals surface area contributed by atoms with Crippen molar-refractivity contribution >= 4 is 0 Å². The van der Waals surface area contributed by atoms with Gasteiger partial charge in [0.05, 0.1) is 18.1 Å². The minimum atomic E-state index is -0.711. The predicted octanol–water partition coefficient (Wildman–Crippen LogP) is 0.762. The van der Waals surface area contributed by atoms with E-state index in [0.29, 0.717) is 13.0 Å². The van der Waals surface area contributed by atoms with Gasteiger partial charge in [0.1, 0.15) is 0 Å². The van der Waals surface area contributed by atoms with E-state index in [1.165, 1.54) is 0 Å². The zero-order valence-electron chi connectivity index (χ0n) is 6.92. The summed E-state index contributed by atoms with van der Waals surface area (Å²) < 4.78 is 5.03. The molecule has 0 spiro atoms. The number of nitrogens with two attached hydrogens (primary N) is 1. The highest BCUT2D eigenvalue weighted by Crippen LogP contribution is 2.39. The Morgan fingerprint density at radius 1 is 1.58 bits per heavy atom. The molecule has 0 aromatic carbocycles. The van der Waals surface area contributed by atoms with Crippen molar-refractivity contribution in [3.63, 3.8) is 0 Å². The lowest BCUT2D eigenvalue weighted by Crippen LogP contribution is -2.25. The molecule has 0 saturated heterocycles. The van der Waals surface area contributed by atoms with E-state index in [1.54, 1.807) is 12.5 Å². The molecule has 2 rings (SSSR count). The van der Waals surface area contributed by atoms with E-state index in [1.807, 2.05) is 0 Å². The fraction of sp³-hybridized carbons (Fsp3) is 0.556. The van der Waals surface area contributed by atoms with Crippen LogP contribution >= 0.6 is 0 Å². The first-order valence-electron chi connectivity index (χ1n) is 4.24. The Hall–Kier alpha value is -0.800. The van der Waals surface area contributed by atoms with Crippen LogP contribution in [0.5, 0.6) is 0 Å². The van der Waals surface area contributed by atoms with Crippen LogP contribution in [-0.4, -0.2) is 11.7 Å². The first-order valence-corrected chi connectivity index (χ1v) is 4.24. The summed E-state index contributed by atoms with van der Waals surface area (Å²) in [4.78, 5) is 0. The summed E-state index contributed by atoms with van der Waals surface area (Å²) in [5.74, 6) is 0. The molecule has 1 unspecified atom stereocenters. The molecule has 0 bridgehead atoms. The molecule has 0 saturated carbocycles. The topological polar surface area (TPSA) is 59.4 Å². The number of aliphatic hydroxyl groups is 1. The Morgan fingerprint density at radius 3 is 3.17 bits per heavy atom. The van der Waals surface area contributed by atoms with Gasteiger partial charge in [-0.3, -0.25) is 0 Å². The van der Waals surface area contributed by atoms with Crippen LogP contribution < -0.4 is 5.73 Å². The van der Waals surface area contributed by atoms with Gasteiger partial charge < -0.3 is 15.3 Å². The number of rotatable bonds is 2. The van der Waals surface area contributed by atoms with Gasteiger partial charge in [-0.25, -0.2) is 0 Å². The lowest BCUT2D eigenvalue weighted by molar-refractivity contribution is 0.0308. The van der Waals surface area contributed by atoms with Crippen molar-refractivity contribution in [2.45, 2.75) is 24.9 Å². The quantitative estimate of drug-likeness (QED) is 0.683. The van der Waals surface area contributed by atoms with Crippen molar-refractivity contribution in [2.75, 3.05) is 6.54 Å². The number of fused-ring (bicyclic) bond motifs is 1. The molecule has 1 aromatic heterocycles. The highest BCUT2D eigenvalue weighted by Gasteiger charge is 2.37. The third kappa shape index (κ3) is 0.974. The Kier molecular flexibility index (Phi) is 1.70. The molecule has 3 N–H and O–H groups in total. The van der Waals surface area contributed by atoms with E-state index >= 15 is 0 Å². The van der Waals surface area contributed by atoms with E-state index < -0.39 is 5.60 Å². The van der Waals surface area contributed by atoms with Gasteiger partial charge in [0.25, 0.3) is 0 Å². The van der Waals surface area contributed by atoms with Gasteiger partial charge in [-0.05, 0) is 31.4 Å². The summed E-state index contributed by atoms with van der Waals surface area (Å²) in [5.41, 5.74) is 6.79. The van der Waals surface area contributed by atoms with Gasteiger partial charge in [-0.15, -0.1) is 0 Å². The van der Waals surface area contributed by atoms with Crippen molar-refractivity contribution in [1.82, 2.24) is 0 Å². The molecule has 0 aliphatic heterocycles. The van der Waals surface area contributed by atoms with Gasteiger partial charge in [0.15, 0.2) is 0 Å². The molecule has 1 aromatic rings. The van der Waals surface area contributed by atoms with Crippen molar-refractivity contribution < 1.29 is 9.52 Å².